The van der Waals surface area contributed by atoms with Crippen LogP contribution in [0, 0.1) is 0 Å². The van der Waals surface area contributed by atoms with Gasteiger partial charge in [-0.1, -0.05) is 0 Å². The first-order valence-corrected chi connectivity index (χ1v) is 10.8. The average molecular weight is 518 g/mol. The minimum atomic E-state index is -1.94. The van der Waals surface area contributed by atoms with Gasteiger partial charge in [0.15, 0.2) is 11.3 Å². The van der Waals surface area contributed by atoms with Crippen LogP contribution in [0.5, 0.6) is 17.2 Å². The predicted molar refractivity (Wildman–Crippen MR) is 113 cm³/mol. The average Bonchev–Trinajstić information content (AvgIpc) is 2.86. The Bertz CT molecular complexity index is 1150. The fourth-order valence-corrected chi connectivity index (χ4v) is 4.26. The third-order valence-corrected chi connectivity index (χ3v) is 6.28. The number of aliphatic hydroxyl groups is 8. The van der Waals surface area contributed by atoms with Crippen molar-refractivity contribution in [2.75, 3.05) is 13.2 Å². The third-order valence-electron chi connectivity index (χ3n) is 6.28. The zero-order valence-corrected chi connectivity index (χ0v) is 18.4. The highest BCUT2D eigenvalue weighted by Gasteiger charge is 2.48. The monoisotopic (exact) mass is 518 g/mol. The summed E-state index contributed by atoms with van der Waals surface area (Å²) in [7, 11) is 0. The van der Waals surface area contributed by atoms with Crippen molar-refractivity contribution in [1.29, 1.82) is 0 Å². The Kier molecular flexibility index (Phi) is 7.40. The molecule has 1 aromatic heterocycles. The van der Waals surface area contributed by atoms with E-state index < -0.39 is 108 Å². The van der Waals surface area contributed by atoms with Gasteiger partial charge in [-0.3, -0.25) is 0 Å². The summed E-state index contributed by atoms with van der Waals surface area (Å²) in [6.07, 6.45) is -17.5. The Balaban J connectivity index is 1.86. The molecule has 0 saturated carbocycles. The van der Waals surface area contributed by atoms with Gasteiger partial charge in [0.1, 0.15) is 60.7 Å². The van der Waals surface area contributed by atoms with E-state index in [4.69, 9.17) is 18.6 Å². The maximum atomic E-state index is 11.9. The highest BCUT2D eigenvalue weighted by molar-refractivity contribution is 5.92. The van der Waals surface area contributed by atoms with E-state index in [2.05, 4.69) is 0 Å². The van der Waals surface area contributed by atoms with Gasteiger partial charge in [0.05, 0.1) is 24.2 Å². The van der Waals surface area contributed by atoms with Crippen LogP contribution >= 0.6 is 0 Å². The number of aliphatic hydroxyl groups excluding tert-OH is 8. The molecule has 0 amide bonds. The standard InChI is InChI=1S/C21H26O15/c22-3-6-11(26)14(29)16(31)19(33-6)9-10(25)5-1-2-8(24)35-18(5)20(13(9)28)36-21-17(32)15(30)12(27)7(4-23)34-21/h1-2,6-7,11-12,14-17,19,21-23,25-32H,3-4H2/t6-,7-,11+,12+,14+,15+,16+,17-,19+,21+/m0/s1. The Hall–Kier alpha value is -2.57. The van der Waals surface area contributed by atoms with E-state index in [1.54, 1.807) is 0 Å². The number of hydrogen-bond acceptors (Lipinski definition) is 15. The summed E-state index contributed by atoms with van der Waals surface area (Å²) in [6.45, 7) is -1.60. The molecular weight excluding hydrogens is 492 g/mol. The van der Waals surface area contributed by atoms with E-state index in [1.165, 1.54) is 0 Å². The quantitative estimate of drug-likeness (QED) is 0.169. The molecule has 15 nitrogen and oxygen atoms in total. The molecule has 0 bridgehead atoms. The van der Waals surface area contributed by atoms with E-state index in [1.807, 2.05) is 0 Å². The normalized spacial score (nSPS) is 37.2. The molecule has 0 radical (unpaired) electrons. The minimum Gasteiger partial charge on any atom is -0.507 e. The van der Waals surface area contributed by atoms with Crippen LogP contribution in [0.2, 0.25) is 0 Å². The summed E-state index contributed by atoms with van der Waals surface area (Å²) in [4.78, 5) is 11.9. The number of phenolic OH excluding ortho intramolecular Hbond substituents is 2. The SMILES string of the molecule is O=c1ccc2c(O)c([C@H]3O[C@@H](CO)[C@@H](O)[C@@H](O)[C@H]3O)c(O)c(O[C@H]3O[C@@H](CO)[C@@H](O)[C@@H](O)[C@@H]3O)c2o1. The molecule has 1 aromatic carbocycles. The molecule has 0 aliphatic carbocycles. The molecule has 10 N–H and O–H groups in total. The molecule has 0 spiro atoms. The molecule has 2 saturated heterocycles. The Morgan fingerprint density at radius 3 is 1.94 bits per heavy atom. The first kappa shape index (κ1) is 26.5. The van der Waals surface area contributed by atoms with E-state index in [0.29, 0.717) is 0 Å². The van der Waals surface area contributed by atoms with E-state index in [-0.39, 0.29) is 5.39 Å². The number of phenols is 2. The maximum Gasteiger partial charge on any atom is 0.336 e. The van der Waals surface area contributed by atoms with Gasteiger partial charge in [-0.05, 0) is 6.07 Å². The number of rotatable bonds is 5. The van der Waals surface area contributed by atoms with Crippen LogP contribution < -0.4 is 10.4 Å². The Morgan fingerprint density at radius 1 is 0.750 bits per heavy atom. The molecular formula is C21H26O15. The van der Waals surface area contributed by atoms with E-state index >= 15 is 0 Å². The van der Waals surface area contributed by atoms with Crippen molar-refractivity contribution in [1.82, 2.24) is 0 Å². The van der Waals surface area contributed by atoms with Crippen LogP contribution in [-0.4, -0.2) is 119 Å². The summed E-state index contributed by atoms with van der Waals surface area (Å²) in [6, 6.07) is 1.98. The van der Waals surface area contributed by atoms with Crippen LogP contribution in [0.4, 0.5) is 0 Å². The second-order valence-corrected chi connectivity index (χ2v) is 8.50. The molecule has 2 aliphatic rings. The van der Waals surface area contributed by atoms with Crippen molar-refractivity contribution in [2.45, 2.75) is 61.2 Å². The van der Waals surface area contributed by atoms with Gasteiger partial charge in [0.2, 0.25) is 12.0 Å². The molecule has 3 heterocycles. The lowest BCUT2D eigenvalue weighted by Crippen LogP contribution is -2.60. The maximum absolute atomic E-state index is 11.9. The molecule has 2 aliphatic heterocycles. The number of ether oxygens (including phenoxy) is 3. The van der Waals surface area contributed by atoms with Crippen molar-refractivity contribution < 1.29 is 69.7 Å². The third kappa shape index (κ3) is 4.28. The molecule has 2 aromatic rings. The molecule has 36 heavy (non-hydrogen) atoms. The Morgan fingerprint density at radius 2 is 1.33 bits per heavy atom. The second kappa shape index (κ2) is 10.1. The first-order chi connectivity index (χ1) is 17.0. The minimum absolute atomic E-state index is 0.265. The van der Waals surface area contributed by atoms with Gasteiger partial charge in [0.25, 0.3) is 0 Å². The summed E-state index contributed by atoms with van der Waals surface area (Å²) >= 11 is 0. The lowest BCUT2D eigenvalue weighted by Gasteiger charge is -2.41. The second-order valence-electron chi connectivity index (χ2n) is 8.50. The molecule has 2 fully saturated rings. The summed E-state index contributed by atoms with van der Waals surface area (Å²) in [5.41, 5.74) is -2.10. The number of hydrogen-bond donors (Lipinski definition) is 10. The van der Waals surface area contributed by atoms with Crippen LogP contribution in [-0.2, 0) is 9.47 Å². The van der Waals surface area contributed by atoms with Gasteiger partial charge in [-0.25, -0.2) is 4.79 Å². The van der Waals surface area contributed by atoms with Crippen molar-refractivity contribution in [2.24, 2.45) is 0 Å². The van der Waals surface area contributed by atoms with Crippen LogP contribution in [0.3, 0.4) is 0 Å². The van der Waals surface area contributed by atoms with Crippen LogP contribution in [0.1, 0.15) is 11.7 Å². The summed E-state index contributed by atoms with van der Waals surface area (Å²) < 4.78 is 21.2. The molecule has 15 heteroatoms. The van der Waals surface area contributed by atoms with Gasteiger partial charge in [-0.15, -0.1) is 0 Å². The van der Waals surface area contributed by atoms with Gasteiger partial charge < -0.3 is 69.7 Å². The fraction of sp³-hybridized carbons (Fsp3) is 0.571. The predicted octanol–water partition coefficient (Wildman–Crippen LogP) is -4.10. The summed E-state index contributed by atoms with van der Waals surface area (Å²) in [5, 5.41) is 102. The zero-order chi connectivity index (χ0) is 26.5. The summed E-state index contributed by atoms with van der Waals surface area (Å²) in [5.74, 6) is -2.54. The molecule has 10 atom stereocenters. The van der Waals surface area contributed by atoms with Gasteiger partial charge >= 0.3 is 5.63 Å². The van der Waals surface area contributed by atoms with Crippen molar-refractivity contribution in [3.8, 4) is 17.2 Å². The Labute approximate surface area is 201 Å². The van der Waals surface area contributed by atoms with Crippen molar-refractivity contribution >= 4 is 11.0 Å². The number of aromatic hydroxyl groups is 2. The van der Waals surface area contributed by atoms with Crippen LogP contribution in [0.15, 0.2) is 21.3 Å². The van der Waals surface area contributed by atoms with E-state index in [9.17, 15) is 55.9 Å². The van der Waals surface area contributed by atoms with E-state index in [0.717, 1.165) is 12.1 Å². The first-order valence-electron chi connectivity index (χ1n) is 10.8. The lowest BCUT2D eigenvalue weighted by molar-refractivity contribution is -0.277. The largest absolute Gasteiger partial charge is 0.507 e. The zero-order valence-electron chi connectivity index (χ0n) is 18.4. The van der Waals surface area contributed by atoms with Crippen molar-refractivity contribution in [3.63, 3.8) is 0 Å². The smallest absolute Gasteiger partial charge is 0.336 e. The topological polar surface area (TPSA) is 260 Å². The van der Waals surface area contributed by atoms with Crippen LogP contribution in [0.25, 0.3) is 11.0 Å². The fourth-order valence-electron chi connectivity index (χ4n) is 4.26. The number of benzene rings is 1. The highest BCUT2D eigenvalue weighted by Crippen LogP contribution is 2.50. The number of fused-ring (bicyclic) bond motifs is 1. The molecule has 0 unspecified atom stereocenters. The lowest BCUT2D eigenvalue weighted by atomic mass is 9.89. The molecule has 200 valence electrons. The highest BCUT2D eigenvalue weighted by atomic mass is 16.7. The molecule has 4 rings (SSSR count). The van der Waals surface area contributed by atoms with Gasteiger partial charge in [0, 0.05) is 6.07 Å². The van der Waals surface area contributed by atoms with Crippen molar-refractivity contribution in [3.05, 3.63) is 28.1 Å². The van der Waals surface area contributed by atoms with Gasteiger partial charge in [-0.2, -0.15) is 0 Å².